The highest BCUT2D eigenvalue weighted by molar-refractivity contribution is 5.78. The first-order valence-electron chi connectivity index (χ1n) is 9.50. The number of phenolic OH excluding ortho intramolecular Hbond substituents is 2. The van der Waals surface area contributed by atoms with Crippen LogP contribution in [-0.2, 0) is 4.79 Å². The molecule has 0 radical (unpaired) electrons. The van der Waals surface area contributed by atoms with Gasteiger partial charge in [-0.2, -0.15) is 0 Å². The summed E-state index contributed by atoms with van der Waals surface area (Å²) in [6.07, 6.45) is 6.08. The van der Waals surface area contributed by atoms with Crippen LogP contribution in [-0.4, -0.2) is 34.1 Å². The number of aromatic hydroxyl groups is 2. The Balaban J connectivity index is 1.84. The van der Waals surface area contributed by atoms with E-state index >= 15 is 0 Å². The van der Waals surface area contributed by atoms with Gasteiger partial charge in [-0.05, 0) is 36.6 Å². The highest BCUT2D eigenvalue weighted by Crippen LogP contribution is 2.35. The second kappa shape index (κ2) is 8.75. The number of nitrogens with zero attached hydrogens (tertiary/aromatic N) is 1. The van der Waals surface area contributed by atoms with Gasteiger partial charge in [-0.1, -0.05) is 49.6 Å². The molecule has 1 aliphatic heterocycles. The van der Waals surface area contributed by atoms with E-state index in [1.807, 2.05) is 29.2 Å². The SMILES string of the molecule is O=C(C[C@H](c1ccc(O)cc1)c1ccccc1O)N1CCCCCCC1. The molecule has 1 fully saturated rings. The van der Waals surface area contributed by atoms with E-state index in [0.29, 0.717) is 6.42 Å². The Morgan fingerprint density at radius 1 is 0.885 bits per heavy atom. The van der Waals surface area contributed by atoms with Crippen molar-refractivity contribution in [3.63, 3.8) is 0 Å². The van der Waals surface area contributed by atoms with Gasteiger partial charge in [0.05, 0.1) is 0 Å². The lowest BCUT2D eigenvalue weighted by molar-refractivity contribution is -0.131. The third-order valence-corrected chi connectivity index (χ3v) is 5.20. The molecule has 138 valence electrons. The molecule has 0 saturated carbocycles. The third-order valence-electron chi connectivity index (χ3n) is 5.20. The summed E-state index contributed by atoms with van der Waals surface area (Å²) >= 11 is 0. The van der Waals surface area contributed by atoms with Crippen LogP contribution in [0.5, 0.6) is 11.5 Å². The van der Waals surface area contributed by atoms with Gasteiger partial charge in [0, 0.05) is 31.0 Å². The Kier molecular flexibility index (Phi) is 6.16. The smallest absolute Gasteiger partial charge is 0.223 e. The standard InChI is InChI=1S/C22H27NO3/c24-18-12-10-17(11-13-18)20(19-8-4-5-9-21(19)25)16-22(26)23-14-6-2-1-3-7-15-23/h4-5,8-13,20,24-25H,1-3,6-7,14-16H2/t20-/m1/s1. The summed E-state index contributed by atoms with van der Waals surface area (Å²) in [5.41, 5.74) is 1.67. The molecule has 2 aromatic carbocycles. The van der Waals surface area contributed by atoms with Crippen LogP contribution in [0.2, 0.25) is 0 Å². The van der Waals surface area contributed by atoms with Crippen molar-refractivity contribution in [2.75, 3.05) is 13.1 Å². The molecule has 4 nitrogen and oxygen atoms in total. The fraction of sp³-hybridized carbons (Fsp3) is 0.409. The van der Waals surface area contributed by atoms with Crippen molar-refractivity contribution in [1.29, 1.82) is 0 Å². The predicted molar refractivity (Wildman–Crippen MR) is 102 cm³/mol. The first kappa shape index (κ1) is 18.3. The fourth-order valence-electron chi connectivity index (χ4n) is 3.70. The van der Waals surface area contributed by atoms with E-state index in [1.54, 1.807) is 24.3 Å². The van der Waals surface area contributed by atoms with Crippen LogP contribution < -0.4 is 0 Å². The molecule has 1 amide bonds. The zero-order valence-corrected chi connectivity index (χ0v) is 15.1. The van der Waals surface area contributed by atoms with E-state index < -0.39 is 0 Å². The van der Waals surface area contributed by atoms with E-state index in [-0.39, 0.29) is 23.3 Å². The maximum absolute atomic E-state index is 13.0. The average molecular weight is 353 g/mol. The normalized spacial score (nSPS) is 16.5. The zero-order chi connectivity index (χ0) is 18.4. The van der Waals surface area contributed by atoms with Crippen LogP contribution in [0.15, 0.2) is 48.5 Å². The van der Waals surface area contributed by atoms with Gasteiger partial charge in [-0.3, -0.25) is 4.79 Å². The first-order chi connectivity index (χ1) is 12.6. The molecular weight excluding hydrogens is 326 g/mol. The molecule has 26 heavy (non-hydrogen) atoms. The summed E-state index contributed by atoms with van der Waals surface area (Å²) in [5.74, 6) is 0.300. The Hall–Kier alpha value is -2.49. The quantitative estimate of drug-likeness (QED) is 0.856. The number of carbonyl (C=O) groups excluding carboxylic acids is 1. The number of para-hydroxylation sites is 1. The summed E-state index contributed by atoms with van der Waals surface area (Å²) in [4.78, 5) is 15.0. The monoisotopic (exact) mass is 353 g/mol. The molecule has 1 aliphatic rings. The molecule has 1 heterocycles. The van der Waals surface area contributed by atoms with E-state index in [4.69, 9.17) is 0 Å². The minimum absolute atomic E-state index is 0.133. The molecule has 1 saturated heterocycles. The van der Waals surface area contributed by atoms with Gasteiger partial charge in [0.25, 0.3) is 0 Å². The highest BCUT2D eigenvalue weighted by Gasteiger charge is 2.24. The van der Waals surface area contributed by atoms with Gasteiger partial charge in [0.15, 0.2) is 0 Å². The minimum Gasteiger partial charge on any atom is -0.508 e. The van der Waals surface area contributed by atoms with E-state index in [0.717, 1.165) is 37.1 Å². The summed E-state index contributed by atoms with van der Waals surface area (Å²) < 4.78 is 0. The summed E-state index contributed by atoms with van der Waals surface area (Å²) in [7, 11) is 0. The summed E-state index contributed by atoms with van der Waals surface area (Å²) in [5, 5.41) is 19.9. The lowest BCUT2D eigenvalue weighted by atomic mass is 9.87. The molecule has 2 aromatic rings. The molecule has 1 atom stereocenters. The molecule has 2 N–H and O–H groups in total. The van der Waals surface area contributed by atoms with Gasteiger partial charge in [-0.25, -0.2) is 0 Å². The number of likely N-dealkylation sites (tertiary alicyclic amines) is 1. The highest BCUT2D eigenvalue weighted by atomic mass is 16.3. The van der Waals surface area contributed by atoms with Crippen LogP contribution in [0, 0.1) is 0 Å². The van der Waals surface area contributed by atoms with Gasteiger partial charge >= 0.3 is 0 Å². The fourth-order valence-corrected chi connectivity index (χ4v) is 3.70. The molecule has 0 aromatic heterocycles. The molecule has 0 bridgehead atoms. The largest absolute Gasteiger partial charge is 0.508 e. The predicted octanol–water partition coefficient (Wildman–Crippen LogP) is 4.41. The Labute approximate surface area is 155 Å². The molecule has 0 unspecified atom stereocenters. The number of benzene rings is 2. The topological polar surface area (TPSA) is 60.8 Å². The molecule has 0 aliphatic carbocycles. The molecule has 4 heteroatoms. The average Bonchev–Trinajstić information content (AvgIpc) is 2.61. The van der Waals surface area contributed by atoms with Crippen molar-refractivity contribution >= 4 is 5.91 Å². The van der Waals surface area contributed by atoms with Crippen molar-refractivity contribution in [1.82, 2.24) is 4.90 Å². The minimum atomic E-state index is -0.227. The van der Waals surface area contributed by atoms with E-state index in [2.05, 4.69) is 0 Å². The number of hydrogen-bond donors (Lipinski definition) is 2. The van der Waals surface area contributed by atoms with Gasteiger partial charge < -0.3 is 15.1 Å². The number of carbonyl (C=O) groups is 1. The van der Waals surface area contributed by atoms with Crippen LogP contribution in [0.3, 0.4) is 0 Å². The maximum atomic E-state index is 13.0. The van der Waals surface area contributed by atoms with Crippen molar-refractivity contribution in [2.45, 2.75) is 44.4 Å². The van der Waals surface area contributed by atoms with Crippen molar-refractivity contribution in [3.05, 3.63) is 59.7 Å². The van der Waals surface area contributed by atoms with Crippen LogP contribution in [0.1, 0.15) is 55.6 Å². The van der Waals surface area contributed by atoms with Crippen molar-refractivity contribution in [3.8, 4) is 11.5 Å². The van der Waals surface area contributed by atoms with Gasteiger partial charge in [-0.15, -0.1) is 0 Å². The Morgan fingerprint density at radius 3 is 2.15 bits per heavy atom. The number of phenols is 2. The first-order valence-corrected chi connectivity index (χ1v) is 9.50. The maximum Gasteiger partial charge on any atom is 0.223 e. The van der Waals surface area contributed by atoms with Crippen LogP contribution in [0.4, 0.5) is 0 Å². The molecule has 0 spiro atoms. The number of hydrogen-bond acceptors (Lipinski definition) is 3. The lowest BCUT2D eigenvalue weighted by Crippen LogP contribution is -2.34. The number of amides is 1. The summed E-state index contributed by atoms with van der Waals surface area (Å²) in [6, 6.07) is 14.1. The van der Waals surface area contributed by atoms with Crippen LogP contribution in [0.25, 0.3) is 0 Å². The van der Waals surface area contributed by atoms with Crippen LogP contribution >= 0.6 is 0 Å². The van der Waals surface area contributed by atoms with Gasteiger partial charge in [0.1, 0.15) is 11.5 Å². The van der Waals surface area contributed by atoms with E-state index in [1.165, 1.54) is 19.3 Å². The Morgan fingerprint density at radius 2 is 1.50 bits per heavy atom. The molecule has 3 rings (SSSR count). The van der Waals surface area contributed by atoms with Gasteiger partial charge in [0.2, 0.25) is 5.91 Å². The lowest BCUT2D eigenvalue weighted by Gasteiger charge is -2.27. The summed E-state index contributed by atoms with van der Waals surface area (Å²) in [6.45, 7) is 1.64. The van der Waals surface area contributed by atoms with E-state index in [9.17, 15) is 15.0 Å². The van der Waals surface area contributed by atoms with Crippen molar-refractivity contribution in [2.24, 2.45) is 0 Å². The third kappa shape index (κ3) is 4.57. The number of rotatable bonds is 4. The van der Waals surface area contributed by atoms with Crippen molar-refractivity contribution < 1.29 is 15.0 Å². The second-order valence-electron chi connectivity index (χ2n) is 7.06. The molecular formula is C22H27NO3. The zero-order valence-electron chi connectivity index (χ0n) is 15.1. The Bertz CT molecular complexity index is 718. The second-order valence-corrected chi connectivity index (χ2v) is 7.06.